The number of unbranched alkanes of at least 4 members (excludes halogenated alkanes) is 33. The summed E-state index contributed by atoms with van der Waals surface area (Å²) in [5, 5.41) is 13.9. The Morgan fingerprint density at radius 3 is 1.28 bits per heavy atom. The number of carbonyl (C=O) groups excluding carboxylic acids is 1. The Labute approximate surface area is 416 Å². The van der Waals surface area contributed by atoms with Gasteiger partial charge >= 0.3 is 7.82 Å². The van der Waals surface area contributed by atoms with Crippen molar-refractivity contribution >= 4 is 13.7 Å². The summed E-state index contributed by atoms with van der Waals surface area (Å²) in [7, 11) is 1.56. The number of nitrogens with one attached hydrogen (secondary N) is 1. The third kappa shape index (κ3) is 52.1. The summed E-state index contributed by atoms with van der Waals surface area (Å²) in [4.78, 5) is 23.3. The second-order valence-corrected chi connectivity index (χ2v) is 22.1. The Hall–Kier alpha value is -1.54. The number of allylic oxidation sites excluding steroid dienone is 7. The van der Waals surface area contributed by atoms with Crippen molar-refractivity contribution in [2.45, 2.75) is 276 Å². The van der Waals surface area contributed by atoms with Crippen molar-refractivity contribution in [3.8, 4) is 0 Å². The highest BCUT2D eigenvalue weighted by molar-refractivity contribution is 7.47. The van der Waals surface area contributed by atoms with Gasteiger partial charge in [-0.05, 0) is 64.2 Å². The molecule has 0 saturated carbocycles. The van der Waals surface area contributed by atoms with E-state index in [1.807, 2.05) is 27.2 Å². The largest absolute Gasteiger partial charge is 0.472 e. The van der Waals surface area contributed by atoms with Gasteiger partial charge in [-0.2, -0.15) is 0 Å². The first kappa shape index (κ1) is 65.5. The zero-order chi connectivity index (χ0) is 49.2. The highest BCUT2D eigenvalue weighted by Crippen LogP contribution is 2.43. The van der Waals surface area contributed by atoms with Crippen LogP contribution < -0.4 is 5.32 Å². The van der Waals surface area contributed by atoms with Gasteiger partial charge in [0.05, 0.1) is 39.9 Å². The number of nitrogens with zero attached hydrogens (tertiary/aromatic N) is 1. The fraction of sp³-hybridized carbons (Fsp3) is 0.845. The van der Waals surface area contributed by atoms with Crippen molar-refractivity contribution in [2.75, 3.05) is 40.9 Å². The highest BCUT2D eigenvalue weighted by atomic mass is 31.2. The van der Waals surface area contributed by atoms with Gasteiger partial charge in [0.25, 0.3) is 0 Å². The first-order valence-electron chi connectivity index (χ1n) is 28.5. The topological polar surface area (TPSA) is 105 Å². The molecule has 67 heavy (non-hydrogen) atoms. The summed E-state index contributed by atoms with van der Waals surface area (Å²) in [5.74, 6) is -0.187. The molecule has 0 rings (SSSR count). The lowest BCUT2D eigenvalue weighted by Gasteiger charge is -2.25. The first-order valence-corrected chi connectivity index (χ1v) is 30.0. The maximum absolute atomic E-state index is 13.0. The third-order valence-corrected chi connectivity index (χ3v) is 13.8. The maximum atomic E-state index is 13.0. The average Bonchev–Trinajstić information content (AvgIpc) is 3.29. The predicted molar refractivity (Wildman–Crippen MR) is 291 cm³/mol. The molecule has 0 aliphatic rings. The van der Waals surface area contributed by atoms with Crippen molar-refractivity contribution in [3.05, 3.63) is 48.6 Å². The average molecular weight is 965 g/mol. The fourth-order valence-electron chi connectivity index (χ4n) is 8.27. The lowest BCUT2D eigenvalue weighted by molar-refractivity contribution is -0.870. The fourth-order valence-corrected chi connectivity index (χ4v) is 9.00. The van der Waals surface area contributed by atoms with E-state index in [0.29, 0.717) is 17.4 Å². The Bertz CT molecular complexity index is 1230. The van der Waals surface area contributed by atoms with Gasteiger partial charge in [-0.15, -0.1) is 0 Å². The van der Waals surface area contributed by atoms with Gasteiger partial charge in [0.1, 0.15) is 13.2 Å². The van der Waals surface area contributed by atoms with Crippen molar-refractivity contribution in [1.82, 2.24) is 5.32 Å². The van der Waals surface area contributed by atoms with Gasteiger partial charge in [0.2, 0.25) is 5.91 Å². The van der Waals surface area contributed by atoms with Crippen molar-refractivity contribution < 1.29 is 32.9 Å². The zero-order valence-electron chi connectivity index (χ0n) is 44.9. The van der Waals surface area contributed by atoms with Crippen LogP contribution >= 0.6 is 7.82 Å². The number of likely N-dealkylation sites (N-methyl/N-ethyl adjacent to an activating group) is 1. The molecular formula is C58H112N2O6P+. The van der Waals surface area contributed by atoms with E-state index >= 15 is 0 Å². The molecule has 0 aliphatic carbocycles. The number of amides is 1. The lowest BCUT2D eigenvalue weighted by Crippen LogP contribution is -2.45. The predicted octanol–water partition coefficient (Wildman–Crippen LogP) is 17.2. The van der Waals surface area contributed by atoms with Crippen molar-refractivity contribution in [1.29, 1.82) is 0 Å². The molecule has 0 heterocycles. The summed E-state index contributed by atoms with van der Waals surface area (Å²) in [6, 6.07) is -0.866. The molecule has 0 spiro atoms. The molecule has 0 aromatic heterocycles. The van der Waals surface area contributed by atoms with Crippen LogP contribution in [0.15, 0.2) is 48.6 Å². The molecule has 0 radical (unpaired) electrons. The van der Waals surface area contributed by atoms with Crippen LogP contribution in [0, 0.1) is 0 Å². The quantitative estimate of drug-likeness (QED) is 0.0243. The van der Waals surface area contributed by atoms with Crippen molar-refractivity contribution in [3.63, 3.8) is 0 Å². The Morgan fingerprint density at radius 1 is 0.507 bits per heavy atom. The second-order valence-electron chi connectivity index (χ2n) is 20.7. The van der Waals surface area contributed by atoms with Gasteiger partial charge in [0, 0.05) is 6.42 Å². The first-order chi connectivity index (χ1) is 32.5. The molecule has 3 N–H and O–H groups in total. The summed E-state index contributed by atoms with van der Waals surface area (Å²) >= 11 is 0. The molecule has 3 unspecified atom stereocenters. The molecule has 0 aromatic rings. The van der Waals surface area contributed by atoms with Gasteiger partial charge in [-0.25, -0.2) is 4.57 Å². The molecule has 3 atom stereocenters. The Kier molecular flexibility index (Phi) is 48.3. The van der Waals surface area contributed by atoms with E-state index in [1.54, 1.807) is 6.08 Å². The number of phosphoric ester groups is 1. The maximum Gasteiger partial charge on any atom is 0.472 e. The molecule has 9 heteroatoms. The number of rotatable bonds is 52. The molecule has 0 aromatic carbocycles. The van der Waals surface area contributed by atoms with Crippen LogP contribution in [0.3, 0.4) is 0 Å². The van der Waals surface area contributed by atoms with E-state index in [2.05, 4.69) is 55.6 Å². The van der Waals surface area contributed by atoms with E-state index in [-0.39, 0.29) is 19.1 Å². The van der Waals surface area contributed by atoms with E-state index in [1.165, 1.54) is 199 Å². The molecule has 1 amide bonds. The Morgan fingerprint density at radius 2 is 0.866 bits per heavy atom. The standard InChI is InChI=1S/C58H111N2O6P/c1-6-8-10-12-14-16-18-20-22-24-26-28-30-32-34-36-38-40-42-44-46-48-50-52-58(62)59-56(55-66-67(63,64)65-54-53-60(3,4)5)57(61)51-49-47-45-43-41-39-37-35-33-31-29-27-25-23-21-19-17-15-13-11-9-7-2/h18,20,24,26,41,43,49,51,56-57,61H,6-17,19,21-23,25,27-40,42,44-48,50,52-55H2,1-5H3,(H-,59,62,63,64)/p+1/b20-18-,26-24-,43-41+,51-49+. The third-order valence-electron chi connectivity index (χ3n) is 12.8. The Balaban J connectivity index is 4.27. The van der Waals surface area contributed by atoms with E-state index in [4.69, 9.17) is 9.05 Å². The SMILES string of the molecule is CCCCCCC/C=C\C/C=C\CCCCCCCCCCCCCC(=O)NC(COP(=O)(O)OCC[N+](C)(C)C)C(O)/C=C/CC/C=C/CCCCCCCCCCCCCCCCCC. The van der Waals surface area contributed by atoms with Gasteiger partial charge in [0.15, 0.2) is 0 Å². The molecule has 394 valence electrons. The van der Waals surface area contributed by atoms with E-state index < -0.39 is 20.0 Å². The van der Waals surface area contributed by atoms with Crippen LogP contribution in [-0.4, -0.2) is 73.4 Å². The molecule has 0 fully saturated rings. The minimum absolute atomic E-state index is 0.0553. The molecule has 0 bridgehead atoms. The van der Waals surface area contributed by atoms with Gasteiger partial charge < -0.3 is 19.8 Å². The minimum atomic E-state index is -4.36. The number of phosphoric acid groups is 1. The molecule has 8 nitrogen and oxygen atoms in total. The van der Waals surface area contributed by atoms with Crippen LogP contribution in [0.4, 0.5) is 0 Å². The number of quaternary nitrogens is 1. The molecule has 0 aliphatic heterocycles. The summed E-state index contributed by atoms with van der Waals surface area (Å²) in [5.41, 5.74) is 0. The summed E-state index contributed by atoms with van der Waals surface area (Å²) in [6.07, 6.45) is 64.9. The highest BCUT2D eigenvalue weighted by Gasteiger charge is 2.27. The van der Waals surface area contributed by atoms with Crippen molar-refractivity contribution in [2.24, 2.45) is 0 Å². The number of carbonyl (C=O) groups is 1. The number of aliphatic hydroxyl groups is 1. The van der Waals surface area contributed by atoms with Crippen LogP contribution in [0.5, 0.6) is 0 Å². The minimum Gasteiger partial charge on any atom is -0.387 e. The number of hydrogen-bond acceptors (Lipinski definition) is 5. The van der Waals surface area contributed by atoms with Crippen LogP contribution in [0.1, 0.15) is 264 Å². The second kappa shape index (κ2) is 49.4. The monoisotopic (exact) mass is 964 g/mol. The van der Waals surface area contributed by atoms with Crippen LogP contribution in [0.25, 0.3) is 0 Å². The number of aliphatic hydroxyl groups excluding tert-OH is 1. The van der Waals surface area contributed by atoms with E-state index in [9.17, 15) is 19.4 Å². The number of hydrogen-bond donors (Lipinski definition) is 3. The zero-order valence-corrected chi connectivity index (χ0v) is 45.8. The van der Waals surface area contributed by atoms with Gasteiger partial charge in [-0.3, -0.25) is 13.8 Å². The summed E-state index contributed by atoms with van der Waals surface area (Å²) in [6.45, 7) is 4.81. The molecular weight excluding hydrogens is 852 g/mol. The summed E-state index contributed by atoms with van der Waals surface area (Å²) < 4.78 is 23.7. The van der Waals surface area contributed by atoms with Crippen LogP contribution in [-0.2, 0) is 18.4 Å². The van der Waals surface area contributed by atoms with Crippen LogP contribution in [0.2, 0.25) is 0 Å². The smallest absolute Gasteiger partial charge is 0.387 e. The lowest BCUT2D eigenvalue weighted by atomic mass is 10.0. The van der Waals surface area contributed by atoms with E-state index in [0.717, 1.165) is 44.9 Å². The normalized spacial score (nSPS) is 14.3. The van der Waals surface area contributed by atoms with Gasteiger partial charge in [-0.1, -0.05) is 242 Å². The molecule has 0 saturated heterocycles.